The van der Waals surface area contributed by atoms with Crippen LogP contribution in [0.3, 0.4) is 0 Å². The molecule has 1 fully saturated rings. The van der Waals surface area contributed by atoms with Gasteiger partial charge < -0.3 is 15.5 Å². The van der Waals surface area contributed by atoms with Gasteiger partial charge in [-0.1, -0.05) is 29.3 Å². The second-order valence-corrected chi connectivity index (χ2v) is 8.49. The van der Waals surface area contributed by atoms with Gasteiger partial charge in [0.05, 0.1) is 5.92 Å². The van der Waals surface area contributed by atoms with Crippen molar-refractivity contribution in [2.75, 3.05) is 23.7 Å². The smallest absolute Gasteiger partial charge is 0.255 e. The Hall–Kier alpha value is -2.67. The number of carbonyl (C=O) groups is 3. The van der Waals surface area contributed by atoms with Crippen molar-refractivity contribution in [2.45, 2.75) is 33.1 Å². The van der Waals surface area contributed by atoms with Crippen LogP contribution in [0.2, 0.25) is 0 Å². The molecule has 0 aromatic heterocycles. The maximum Gasteiger partial charge on any atom is 0.255 e. The highest BCUT2D eigenvalue weighted by molar-refractivity contribution is 9.10. The number of amides is 3. The van der Waals surface area contributed by atoms with Gasteiger partial charge in [-0.25, -0.2) is 0 Å². The predicted molar refractivity (Wildman–Crippen MR) is 121 cm³/mol. The third-order valence-electron chi connectivity index (χ3n) is 5.22. The first kappa shape index (κ1) is 22.0. The maximum absolute atomic E-state index is 12.5. The van der Waals surface area contributed by atoms with Crippen molar-refractivity contribution >= 4 is 45.0 Å². The number of carbonyl (C=O) groups excluding carboxylic acids is 3. The van der Waals surface area contributed by atoms with Gasteiger partial charge in [-0.15, -0.1) is 0 Å². The van der Waals surface area contributed by atoms with E-state index in [1.165, 1.54) is 0 Å². The fourth-order valence-corrected chi connectivity index (χ4v) is 3.90. The standard InChI is InChI=1S/C23H26BrN3O3/c1-3-4-11-27-14-17(13-21(27)28)23(30)25-19-8-5-16(6-9-19)22(29)26-20-10-7-18(24)12-15(20)2/h5-10,12,17H,3-4,11,13-14H2,1-2H3,(H,25,30)(H,26,29)/t17-/m0/s1. The van der Waals surface area contributed by atoms with Crippen molar-refractivity contribution in [3.63, 3.8) is 0 Å². The lowest BCUT2D eigenvalue weighted by Gasteiger charge is -2.16. The normalized spacial score (nSPS) is 15.9. The van der Waals surface area contributed by atoms with Gasteiger partial charge in [0.1, 0.15) is 0 Å². The predicted octanol–water partition coefficient (Wildman–Crippen LogP) is 4.60. The minimum Gasteiger partial charge on any atom is -0.342 e. The molecule has 0 bridgehead atoms. The number of unbranched alkanes of at least 4 members (excludes halogenated alkanes) is 1. The number of hydrogen-bond donors (Lipinski definition) is 2. The molecule has 30 heavy (non-hydrogen) atoms. The number of nitrogens with one attached hydrogen (secondary N) is 2. The summed E-state index contributed by atoms with van der Waals surface area (Å²) in [4.78, 5) is 38.9. The van der Waals surface area contributed by atoms with Crippen LogP contribution in [0.25, 0.3) is 0 Å². The SMILES string of the molecule is CCCCN1C[C@@H](C(=O)Nc2ccc(C(=O)Nc3ccc(Br)cc3C)cc2)CC1=O. The van der Waals surface area contributed by atoms with E-state index in [0.29, 0.717) is 24.3 Å². The molecule has 2 aromatic rings. The van der Waals surface area contributed by atoms with Crippen LogP contribution in [0, 0.1) is 12.8 Å². The first-order valence-electron chi connectivity index (χ1n) is 10.1. The summed E-state index contributed by atoms with van der Waals surface area (Å²) in [6.07, 6.45) is 2.22. The van der Waals surface area contributed by atoms with Gasteiger partial charge >= 0.3 is 0 Å². The Morgan fingerprint density at radius 3 is 2.53 bits per heavy atom. The number of rotatable bonds is 7. The van der Waals surface area contributed by atoms with Crippen LogP contribution in [0.5, 0.6) is 0 Å². The van der Waals surface area contributed by atoms with Gasteiger partial charge in [-0.2, -0.15) is 0 Å². The van der Waals surface area contributed by atoms with E-state index in [9.17, 15) is 14.4 Å². The summed E-state index contributed by atoms with van der Waals surface area (Å²) < 4.78 is 0.954. The highest BCUT2D eigenvalue weighted by Gasteiger charge is 2.33. The van der Waals surface area contributed by atoms with E-state index in [-0.39, 0.29) is 30.1 Å². The molecule has 0 aliphatic carbocycles. The fourth-order valence-electron chi connectivity index (χ4n) is 3.42. The third kappa shape index (κ3) is 5.48. The second kappa shape index (κ2) is 9.89. The van der Waals surface area contributed by atoms with Crippen LogP contribution in [0.4, 0.5) is 11.4 Å². The number of halogens is 1. The molecule has 3 amide bonds. The molecule has 158 valence electrons. The van der Waals surface area contributed by atoms with E-state index in [0.717, 1.165) is 28.6 Å². The van der Waals surface area contributed by atoms with E-state index in [1.54, 1.807) is 29.2 Å². The third-order valence-corrected chi connectivity index (χ3v) is 5.71. The zero-order valence-corrected chi connectivity index (χ0v) is 18.8. The molecule has 1 aliphatic rings. The Morgan fingerprint density at radius 1 is 1.13 bits per heavy atom. The molecule has 3 rings (SSSR count). The summed E-state index contributed by atoms with van der Waals surface area (Å²) in [6, 6.07) is 12.4. The lowest BCUT2D eigenvalue weighted by molar-refractivity contribution is -0.128. The van der Waals surface area contributed by atoms with Crippen molar-refractivity contribution in [3.8, 4) is 0 Å². The van der Waals surface area contributed by atoms with Crippen LogP contribution in [0.15, 0.2) is 46.9 Å². The van der Waals surface area contributed by atoms with Crippen LogP contribution in [-0.2, 0) is 9.59 Å². The molecular weight excluding hydrogens is 446 g/mol. The van der Waals surface area contributed by atoms with Crippen LogP contribution < -0.4 is 10.6 Å². The average molecular weight is 472 g/mol. The first-order chi connectivity index (χ1) is 14.4. The quantitative estimate of drug-likeness (QED) is 0.619. The Morgan fingerprint density at radius 2 is 1.87 bits per heavy atom. The minimum atomic E-state index is -0.335. The molecule has 1 heterocycles. The second-order valence-electron chi connectivity index (χ2n) is 7.57. The van der Waals surface area contributed by atoms with E-state index < -0.39 is 0 Å². The Kier molecular flexibility index (Phi) is 7.26. The lowest BCUT2D eigenvalue weighted by Crippen LogP contribution is -2.29. The molecule has 7 heteroatoms. The van der Waals surface area contributed by atoms with Crippen molar-refractivity contribution < 1.29 is 14.4 Å². The fraction of sp³-hybridized carbons (Fsp3) is 0.348. The number of hydrogen-bond acceptors (Lipinski definition) is 3. The molecular formula is C23H26BrN3O3. The number of benzene rings is 2. The largest absolute Gasteiger partial charge is 0.342 e. The first-order valence-corrected chi connectivity index (χ1v) is 10.9. The van der Waals surface area contributed by atoms with E-state index in [4.69, 9.17) is 0 Å². The van der Waals surface area contributed by atoms with Crippen molar-refractivity contribution in [1.82, 2.24) is 4.90 Å². The highest BCUT2D eigenvalue weighted by Crippen LogP contribution is 2.22. The van der Waals surface area contributed by atoms with E-state index >= 15 is 0 Å². The molecule has 0 spiro atoms. The summed E-state index contributed by atoms with van der Waals surface area (Å²) >= 11 is 3.41. The molecule has 1 atom stereocenters. The number of anilines is 2. The van der Waals surface area contributed by atoms with Gasteiger partial charge in [-0.3, -0.25) is 14.4 Å². The Labute approximate surface area is 185 Å². The van der Waals surface area contributed by atoms with Gasteiger partial charge in [0, 0.05) is 40.9 Å². The Balaban J connectivity index is 1.57. The molecule has 6 nitrogen and oxygen atoms in total. The monoisotopic (exact) mass is 471 g/mol. The topological polar surface area (TPSA) is 78.5 Å². The summed E-state index contributed by atoms with van der Waals surface area (Å²) in [5.74, 6) is -0.673. The molecule has 1 aliphatic heterocycles. The zero-order valence-electron chi connectivity index (χ0n) is 17.2. The lowest BCUT2D eigenvalue weighted by atomic mass is 10.1. The van der Waals surface area contributed by atoms with Crippen molar-refractivity contribution in [2.24, 2.45) is 5.92 Å². The molecule has 2 N–H and O–H groups in total. The van der Waals surface area contributed by atoms with Crippen molar-refractivity contribution in [3.05, 3.63) is 58.1 Å². The van der Waals surface area contributed by atoms with E-state index in [2.05, 4.69) is 33.5 Å². The van der Waals surface area contributed by atoms with Crippen LogP contribution in [0.1, 0.15) is 42.1 Å². The molecule has 0 radical (unpaired) electrons. The van der Waals surface area contributed by atoms with Gasteiger partial charge in [0.25, 0.3) is 5.91 Å². The van der Waals surface area contributed by atoms with Crippen LogP contribution in [-0.4, -0.2) is 35.7 Å². The van der Waals surface area contributed by atoms with Crippen LogP contribution >= 0.6 is 15.9 Å². The molecule has 1 saturated heterocycles. The summed E-state index contributed by atoms with van der Waals surface area (Å²) in [5, 5.41) is 5.75. The van der Waals surface area contributed by atoms with E-state index in [1.807, 2.05) is 25.1 Å². The van der Waals surface area contributed by atoms with Crippen molar-refractivity contribution in [1.29, 1.82) is 0 Å². The summed E-state index contributed by atoms with van der Waals surface area (Å²) in [6.45, 7) is 5.18. The van der Waals surface area contributed by atoms with Gasteiger partial charge in [0.2, 0.25) is 11.8 Å². The molecule has 2 aromatic carbocycles. The molecule has 0 saturated carbocycles. The minimum absolute atomic E-state index is 0.0406. The number of likely N-dealkylation sites (tertiary alicyclic amines) is 1. The number of aryl methyl sites for hydroxylation is 1. The zero-order chi connectivity index (χ0) is 21.7. The highest BCUT2D eigenvalue weighted by atomic mass is 79.9. The number of nitrogens with zero attached hydrogens (tertiary/aromatic N) is 1. The summed E-state index contributed by atoms with van der Waals surface area (Å²) in [7, 11) is 0. The maximum atomic E-state index is 12.5. The average Bonchev–Trinajstić information content (AvgIpc) is 3.09. The Bertz CT molecular complexity index is 943. The van der Waals surface area contributed by atoms with Gasteiger partial charge in [0.15, 0.2) is 0 Å². The summed E-state index contributed by atoms with van der Waals surface area (Å²) in [5.41, 5.74) is 2.81. The van der Waals surface area contributed by atoms with Gasteiger partial charge in [-0.05, 0) is 61.4 Å². The molecule has 0 unspecified atom stereocenters.